The molecule has 0 spiro atoms. The van der Waals surface area contributed by atoms with Gasteiger partial charge in [0.15, 0.2) is 0 Å². The van der Waals surface area contributed by atoms with E-state index in [-0.39, 0.29) is 17.8 Å². The summed E-state index contributed by atoms with van der Waals surface area (Å²) >= 11 is 0. The van der Waals surface area contributed by atoms with Crippen molar-refractivity contribution in [3.05, 3.63) is 0 Å². The van der Waals surface area contributed by atoms with Gasteiger partial charge < -0.3 is 10.6 Å². The SMILES string of the molecule is CCCNC(=O)NC(C)CS(C)(=O)=O. The third kappa shape index (κ3) is 7.85. The molecular weight excluding hydrogens is 204 g/mol. The number of carbonyl (C=O) groups excluding carboxylic acids is 1. The van der Waals surface area contributed by atoms with Gasteiger partial charge in [-0.15, -0.1) is 0 Å². The van der Waals surface area contributed by atoms with Crippen molar-refractivity contribution in [1.29, 1.82) is 0 Å². The average Bonchev–Trinajstić information content (AvgIpc) is 1.96. The molecule has 2 amide bonds. The van der Waals surface area contributed by atoms with Gasteiger partial charge >= 0.3 is 6.03 Å². The molecule has 0 aliphatic carbocycles. The summed E-state index contributed by atoms with van der Waals surface area (Å²) in [5, 5.41) is 5.15. The molecule has 0 heterocycles. The van der Waals surface area contributed by atoms with Crippen LogP contribution in [0, 0.1) is 0 Å². The quantitative estimate of drug-likeness (QED) is 0.694. The number of sulfone groups is 1. The summed E-state index contributed by atoms with van der Waals surface area (Å²) in [4.78, 5) is 11.1. The third-order valence-electron chi connectivity index (χ3n) is 1.47. The molecule has 2 N–H and O–H groups in total. The minimum atomic E-state index is -3.03. The van der Waals surface area contributed by atoms with Crippen LogP contribution in [0.3, 0.4) is 0 Å². The molecule has 1 atom stereocenters. The van der Waals surface area contributed by atoms with Crippen LogP contribution < -0.4 is 10.6 Å². The first-order chi connectivity index (χ1) is 6.35. The van der Waals surface area contributed by atoms with Crippen LogP contribution in [-0.4, -0.2) is 39.0 Å². The van der Waals surface area contributed by atoms with Crippen molar-refractivity contribution in [3.8, 4) is 0 Å². The van der Waals surface area contributed by atoms with Gasteiger partial charge in [-0.25, -0.2) is 13.2 Å². The largest absolute Gasteiger partial charge is 0.338 e. The predicted octanol–water partition coefficient (Wildman–Crippen LogP) is 0.129. The van der Waals surface area contributed by atoms with Gasteiger partial charge in [0.25, 0.3) is 0 Å². The van der Waals surface area contributed by atoms with E-state index in [9.17, 15) is 13.2 Å². The van der Waals surface area contributed by atoms with Crippen molar-refractivity contribution in [2.24, 2.45) is 0 Å². The highest BCUT2D eigenvalue weighted by Gasteiger charge is 2.12. The van der Waals surface area contributed by atoms with Gasteiger partial charge in [-0.1, -0.05) is 6.92 Å². The maximum atomic E-state index is 11.1. The molecule has 0 radical (unpaired) electrons. The Bertz CT molecular complexity index is 274. The Hall–Kier alpha value is -0.780. The van der Waals surface area contributed by atoms with E-state index in [0.717, 1.165) is 12.7 Å². The van der Waals surface area contributed by atoms with Gasteiger partial charge in [0.05, 0.1) is 5.75 Å². The molecule has 6 heteroatoms. The first-order valence-corrected chi connectivity index (χ1v) is 6.63. The highest BCUT2D eigenvalue weighted by Crippen LogP contribution is 1.89. The van der Waals surface area contributed by atoms with Crippen LogP contribution in [0.25, 0.3) is 0 Å². The lowest BCUT2D eigenvalue weighted by molar-refractivity contribution is 0.238. The third-order valence-corrected chi connectivity index (χ3v) is 2.57. The van der Waals surface area contributed by atoms with Crippen LogP contribution in [0.15, 0.2) is 0 Å². The fourth-order valence-corrected chi connectivity index (χ4v) is 2.00. The summed E-state index contributed by atoms with van der Waals surface area (Å²) in [6.07, 6.45) is 2.00. The molecule has 5 nitrogen and oxygen atoms in total. The highest BCUT2D eigenvalue weighted by molar-refractivity contribution is 7.90. The second kappa shape index (κ2) is 5.85. The van der Waals surface area contributed by atoms with Gasteiger partial charge in [-0.2, -0.15) is 0 Å². The van der Waals surface area contributed by atoms with Crippen molar-refractivity contribution < 1.29 is 13.2 Å². The lowest BCUT2D eigenvalue weighted by Gasteiger charge is -2.13. The smallest absolute Gasteiger partial charge is 0.315 e. The second-order valence-electron chi connectivity index (χ2n) is 3.39. The molecule has 0 aromatic heterocycles. The number of hydrogen-bond acceptors (Lipinski definition) is 3. The van der Waals surface area contributed by atoms with Crippen molar-refractivity contribution in [2.75, 3.05) is 18.6 Å². The van der Waals surface area contributed by atoms with E-state index < -0.39 is 9.84 Å². The van der Waals surface area contributed by atoms with Gasteiger partial charge in [0.2, 0.25) is 0 Å². The first-order valence-electron chi connectivity index (χ1n) is 4.57. The Morgan fingerprint density at radius 1 is 1.43 bits per heavy atom. The predicted molar refractivity (Wildman–Crippen MR) is 56.0 cm³/mol. The van der Waals surface area contributed by atoms with Crippen molar-refractivity contribution in [2.45, 2.75) is 26.3 Å². The minimum Gasteiger partial charge on any atom is -0.338 e. The maximum Gasteiger partial charge on any atom is 0.315 e. The van der Waals surface area contributed by atoms with E-state index in [1.807, 2.05) is 6.92 Å². The van der Waals surface area contributed by atoms with E-state index in [2.05, 4.69) is 10.6 Å². The molecule has 0 saturated carbocycles. The monoisotopic (exact) mass is 222 g/mol. The molecule has 0 saturated heterocycles. The number of rotatable bonds is 5. The molecule has 1 unspecified atom stereocenters. The van der Waals surface area contributed by atoms with E-state index in [1.54, 1.807) is 6.92 Å². The van der Waals surface area contributed by atoms with E-state index >= 15 is 0 Å². The standard InChI is InChI=1S/C8H18N2O3S/c1-4-5-9-8(11)10-7(2)6-14(3,12)13/h7H,4-6H2,1-3H3,(H2,9,10,11). The first kappa shape index (κ1) is 13.2. The zero-order valence-corrected chi connectivity index (χ0v) is 9.65. The van der Waals surface area contributed by atoms with E-state index in [1.165, 1.54) is 0 Å². The molecule has 0 aliphatic rings. The van der Waals surface area contributed by atoms with Crippen LogP contribution in [0.5, 0.6) is 0 Å². The number of urea groups is 1. The molecule has 0 fully saturated rings. The Morgan fingerprint density at radius 2 is 2.00 bits per heavy atom. The van der Waals surface area contributed by atoms with Crippen LogP contribution in [0.4, 0.5) is 4.79 Å². The summed E-state index contributed by atoms with van der Waals surface area (Å²) in [7, 11) is -3.03. The number of carbonyl (C=O) groups is 1. The van der Waals surface area contributed by atoms with Crippen molar-refractivity contribution in [3.63, 3.8) is 0 Å². The molecule has 0 aliphatic heterocycles. The zero-order valence-electron chi connectivity index (χ0n) is 8.83. The fourth-order valence-electron chi connectivity index (χ4n) is 1.01. The summed E-state index contributed by atoms with van der Waals surface area (Å²) in [5.74, 6) is -0.0352. The van der Waals surface area contributed by atoms with Crippen molar-refractivity contribution >= 4 is 15.9 Å². The van der Waals surface area contributed by atoms with Gasteiger partial charge in [0, 0.05) is 18.8 Å². The second-order valence-corrected chi connectivity index (χ2v) is 5.58. The van der Waals surface area contributed by atoms with Crippen molar-refractivity contribution in [1.82, 2.24) is 10.6 Å². The molecular formula is C8H18N2O3S. The lowest BCUT2D eigenvalue weighted by atomic mass is 10.4. The maximum absolute atomic E-state index is 11.1. The van der Waals surface area contributed by atoms with Gasteiger partial charge in [-0.3, -0.25) is 0 Å². The Balaban J connectivity index is 3.83. The molecule has 84 valence electrons. The Kier molecular flexibility index (Phi) is 5.52. The summed E-state index contributed by atoms with van der Waals surface area (Å²) < 4.78 is 21.7. The van der Waals surface area contributed by atoms with Gasteiger partial charge in [0.1, 0.15) is 9.84 Å². The highest BCUT2D eigenvalue weighted by atomic mass is 32.2. The molecule has 0 bridgehead atoms. The van der Waals surface area contributed by atoms with E-state index in [4.69, 9.17) is 0 Å². The zero-order chi connectivity index (χ0) is 11.2. The van der Waals surface area contributed by atoms with Crippen LogP contribution in [0.2, 0.25) is 0 Å². The molecule has 0 aromatic carbocycles. The normalized spacial score (nSPS) is 13.4. The Labute approximate surface area is 85.2 Å². The fraction of sp³-hybridized carbons (Fsp3) is 0.875. The number of amides is 2. The molecule has 14 heavy (non-hydrogen) atoms. The number of nitrogens with one attached hydrogen (secondary N) is 2. The van der Waals surface area contributed by atoms with Crippen LogP contribution >= 0.6 is 0 Å². The average molecular weight is 222 g/mol. The molecule has 0 aromatic rings. The van der Waals surface area contributed by atoms with E-state index in [0.29, 0.717) is 6.54 Å². The number of hydrogen-bond donors (Lipinski definition) is 2. The van der Waals surface area contributed by atoms with Gasteiger partial charge in [-0.05, 0) is 13.3 Å². The lowest BCUT2D eigenvalue weighted by Crippen LogP contribution is -2.43. The topological polar surface area (TPSA) is 75.3 Å². The molecule has 0 rings (SSSR count). The van der Waals surface area contributed by atoms with Crippen LogP contribution in [-0.2, 0) is 9.84 Å². The summed E-state index contributed by atoms with van der Waals surface area (Å²) in [6, 6.07) is -0.676. The Morgan fingerprint density at radius 3 is 2.43 bits per heavy atom. The minimum absolute atomic E-state index is 0.0352. The van der Waals surface area contributed by atoms with Crippen LogP contribution in [0.1, 0.15) is 20.3 Å². The summed E-state index contributed by atoms with van der Waals surface area (Å²) in [5.41, 5.74) is 0. The summed E-state index contributed by atoms with van der Waals surface area (Å²) in [6.45, 7) is 4.20.